The molecule has 0 aromatic heterocycles. The summed E-state index contributed by atoms with van der Waals surface area (Å²) in [5.41, 5.74) is -0.710. The van der Waals surface area contributed by atoms with E-state index in [1.165, 1.54) is 25.7 Å². The van der Waals surface area contributed by atoms with Crippen LogP contribution in [-0.4, -0.2) is 47.9 Å². The normalized spacial score (nSPS) is 27.6. The number of hydrogen-bond donors (Lipinski definition) is 0. The number of carbonyl (C=O) groups excluding carboxylic acids is 1. The molecule has 0 spiro atoms. The standard InChI is InChI=1S/C16H25N3O/c17-13-16(7-3-1-2-4-8-16)15(20)19-11-9-18(10-12-19)14-5-6-14/h14H,1-12H2. The number of nitrogens with zero attached hydrogens (tertiary/aromatic N) is 3. The van der Waals surface area contributed by atoms with E-state index in [-0.39, 0.29) is 5.91 Å². The number of nitriles is 1. The summed E-state index contributed by atoms with van der Waals surface area (Å²) < 4.78 is 0. The smallest absolute Gasteiger partial charge is 0.243 e. The molecule has 0 aromatic carbocycles. The highest BCUT2D eigenvalue weighted by Gasteiger charge is 2.43. The quantitative estimate of drug-likeness (QED) is 0.726. The first-order valence-corrected chi connectivity index (χ1v) is 8.20. The van der Waals surface area contributed by atoms with Crippen LogP contribution in [-0.2, 0) is 4.79 Å². The topological polar surface area (TPSA) is 47.3 Å². The van der Waals surface area contributed by atoms with E-state index in [0.717, 1.165) is 57.9 Å². The Bertz CT molecular complexity index is 394. The number of amides is 1. The molecule has 0 atom stereocenters. The van der Waals surface area contributed by atoms with Crippen LogP contribution >= 0.6 is 0 Å². The van der Waals surface area contributed by atoms with Crippen LogP contribution in [0.3, 0.4) is 0 Å². The Balaban J connectivity index is 1.63. The first kappa shape index (κ1) is 13.9. The summed E-state index contributed by atoms with van der Waals surface area (Å²) in [6.07, 6.45) is 8.60. The van der Waals surface area contributed by atoms with Crippen LogP contribution in [0.2, 0.25) is 0 Å². The third-order valence-electron chi connectivity index (χ3n) is 5.25. The van der Waals surface area contributed by atoms with E-state index in [9.17, 15) is 10.1 Å². The van der Waals surface area contributed by atoms with Gasteiger partial charge in [0.2, 0.25) is 5.91 Å². The van der Waals surface area contributed by atoms with Gasteiger partial charge in [0.25, 0.3) is 0 Å². The highest BCUT2D eigenvalue weighted by molar-refractivity contribution is 5.85. The molecule has 4 nitrogen and oxygen atoms in total. The molecule has 1 saturated heterocycles. The van der Waals surface area contributed by atoms with E-state index in [0.29, 0.717) is 0 Å². The highest BCUT2D eigenvalue weighted by atomic mass is 16.2. The lowest BCUT2D eigenvalue weighted by Gasteiger charge is -2.38. The van der Waals surface area contributed by atoms with Gasteiger partial charge < -0.3 is 4.90 Å². The Morgan fingerprint density at radius 2 is 1.60 bits per heavy atom. The summed E-state index contributed by atoms with van der Waals surface area (Å²) in [7, 11) is 0. The Kier molecular flexibility index (Phi) is 3.98. The highest BCUT2D eigenvalue weighted by Crippen LogP contribution is 2.37. The molecule has 0 aromatic rings. The Morgan fingerprint density at radius 3 is 2.10 bits per heavy atom. The fourth-order valence-electron chi connectivity index (χ4n) is 3.74. The molecule has 2 aliphatic carbocycles. The summed E-state index contributed by atoms with van der Waals surface area (Å²) in [6.45, 7) is 3.63. The summed E-state index contributed by atoms with van der Waals surface area (Å²) in [6, 6.07) is 3.18. The maximum atomic E-state index is 12.8. The van der Waals surface area contributed by atoms with Gasteiger partial charge in [0, 0.05) is 32.2 Å². The van der Waals surface area contributed by atoms with Crippen molar-refractivity contribution in [3.8, 4) is 6.07 Å². The van der Waals surface area contributed by atoms with Crippen LogP contribution in [0.15, 0.2) is 0 Å². The molecule has 0 radical (unpaired) electrons. The molecular weight excluding hydrogens is 250 g/mol. The Morgan fingerprint density at radius 1 is 1.00 bits per heavy atom. The van der Waals surface area contributed by atoms with Crippen molar-refractivity contribution in [2.75, 3.05) is 26.2 Å². The Hall–Kier alpha value is -1.08. The molecule has 1 heterocycles. The van der Waals surface area contributed by atoms with E-state index in [2.05, 4.69) is 11.0 Å². The van der Waals surface area contributed by atoms with Crippen molar-refractivity contribution in [2.24, 2.45) is 5.41 Å². The SMILES string of the molecule is N#CC1(C(=O)N2CCN(C3CC3)CC2)CCCCCC1. The minimum atomic E-state index is -0.710. The van der Waals surface area contributed by atoms with Gasteiger partial charge in [0.1, 0.15) is 5.41 Å². The Labute approximate surface area is 121 Å². The van der Waals surface area contributed by atoms with E-state index in [1.807, 2.05) is 4.90 Å². The fourth-order valence-corrected chi connectivity index (χ4v) is 3.74. The van der Waals surface area contributed by atoms with Crippen molar-refractivity contribution in [1.29, 1.82) is 5.26 Å². The third kappa shape index (κ3) is 2.69. The maximum absolute atomic E-state index is 12.8. The van der Waals surface area contributed by atoms with Gasteiger partial charge in [-0.05, 0) is 25.7 Å². The predicted octanol–water partition coefficient (Wildman–Crippen LogP) is 2.16. The minimum absolute atomic E-state index is 0.123. The van der Waals surface area contributed by atoms with Gasteiger partial charge in [-0.15, -0.1) is 0 Å². The lowest BCUT2D eigenvalue weighted by Crippen LogP contribution is -2.53. The third-order valence-corrected chi connectivity index (χ3v) is 5.25. The molecule has 1 aliphatic heterocycles. The van der Waals surface area contributed by atoms with Crippen molar-refractivity contribution >= 4 is 5.91 Å². The van der Waals surface area contributed by atoms with Crippen molar-refractivity contribution < 1.29 is 4.79 Å². The van der Waals surface area contributed by atoms with Gasteiger partial charge in [-0.25, -0.2) is 0 Å². The molecular formula is C16H25N3O. The van der Waals surface area contributed by atoms with Crippen molar-refractivity contribution in [1.82, 2.24) is 9.80 Å². The van der Waals surface area contributed by atoms with Crippen molar-refractivity contribution in [3.05, 3.63) is 0 Å². The zero-order valence-corrected chi connectivity index (χ0v) is 12.3. The van der Waals surface area contributed by atoms with Gasteiger partial charge in [-0.1, -0.05) is 25.7 Å². The van der Waals surface area contributed by atoms with E-state index in [4.69, 9.17) is 0 Å². The van der Waals surface area contributed by atoms with Crippen LogP contribution in [0.4, 0.5) is 0 Å². The van der Waals surface area contributed by atoms with E-state index < -0.39 is 5.41 Å². The predicted molar refractivity (Wildman–Crippen MR) is 76.9 cm³/mol. The number of carbonyl (C=O) groups is 1. The molecule has 2 saturated carbocycles. The van der Waals surface area contributed by atoms with Crippen molar-refractivity contribution in [3.63, 3.8) is 0 Å². The monoisotopic (exact) mass is 275 g/mol. The fraction of sp³-hybridized carbons (Fsp3) is 0.875. The molecule has 0 bridgehead atoms. The number of hydrogen-bond acceptors (Lipinski definition) is 3. The largest absolute Gasteiger partial charge is 0.339 e. The molecule has 4 heteroatoms. The summed E-state index contributed by atoms with van der Waals surface area (Å²) in [4.78, 5) is 17.3. The molecule has 20 heavy (non-hydrogen) atoms. The molecule has 3 aliphatic rings. The van der Waals surface area contributed by atoms with Crippen LogP contribution in [0.1, 0.15) is 51.4 Å². The first-order valence-electron chi connectivity index (χ1n) is 8.20. The first-order chi connectivity index (χ1) is 9.75. The second-order valence-electron chi connectivity index (χ2n) is 6.67. The lowest BCUT2D eigenvalue weighted by molar-refractivity contribution is -0.141. The zero-order valence-electron chi connectivity index (χ0n) is 12.3. The van der Waals surface area contributed by atoms with Crippen LogP contribution in [0, 0.1) is 16.7 Å². The van der Waals surface area contributed by atoms with Gasteiger partial charge in [0.15, 0.2) is 0 Å². The van der Waals surface area contributed by atoms with Gasteiger partial charge >= 0.3 is 0 Å². The van der Waals surface area contributed by atoms with Crippen molar-refractivity contribution in [2.45, 2.75) is 57.4 Å². The maximum Gasteiger partial charge on any atom is 0.243 e. The number of rotatable bonds is 2. The zero-order chi connectivity index (χ0) is 14.0. The molecule has 3 rings (SSSR count). The molecule has 0 N–H and O–H groups in total. The van der Waals surface area contributed by atoms with Gasteiger partial charge in [0.05, 0.1) is 6.07 Å². The van der Waals surface area contributed by atoms with Gasteiger partial charge in [-0.3, -0.25) is 9.69 Å². The summed E-state index contributed by atoms with van der Waals surface area (Å²) in [5.74, 6) is 0.123. The van der Waals surface area contributed by atoms with Crippen LogP contribution in [0.5, 0.6) is 0 Å². The second-order valence-corrected chi connectivity index (χ2v) is 6.67. The summed E-state index contributed by atoms with van der Waals surface area (Å²) >= 11 is 0. The molecule has 3 fully saturated rings. The molecule has 0 unspecified atom stereocenters. The van der Waals surface area contributed by atoms with Crippen LogP contribution < -0.4 is 0 Å². The lowest BCUT2D eigenvalue weighted by atomic mass is 9.80. The van der Waals surface area contributed by atoms with Gasteiger partial charge in [-0.2, -0.15) is 5.26 Å². The minimum Gasteiger partial charge on any atom is -0.339 e. The molecule has 1 amide bonds. The van der Waals surface area contributed by atoms with E-state index in [1.54, 1.807) is 0 Å². The number of piperazine rings is 1. The average Bonchev–Trinajstić information content (AvgIpc) is 3.33. The summed E-state index contributed by atoms with van der Waals surface area (Å²) in [5, 5.41) is 9.61. The van der Waals surface area contributed by atoms with E-state index >= 15 is 0 Å². The average molecular weight is 275 g/mol. The second kappa shape index (κ2) is 5.73. The molecule has 110 valence electrons. The van der Waals surface area contributed by atoms with Crippen LogP contribution in [0.25, 0.3) is 0 Å².